The smallest absolute Gasteiger partial charge is 0.246 e. The van der Waals surface area contributed by atoms with Gasteiger partial charge in [0.1, 0.15) is 11.4 Å². The number of hydrogen-bond acceptors (Lipinski definition) is 4. The summed E-state index contributed by atoms with van der Waals surface area (Å²) in [6.07, 6.45) is 5.57. The molecule has 1 aliphatic heterocycles. The average Bonchev–Trinajstić information content (AvgIpc) is 3.46. The third kappa shape index (κ3) is 3.62. The number of amides is 1. The highest BCUT2D eigenvalue weighted by Gasteiger charge is 2.29. The lowest BCUT2D eigenvalue weighted by molar-refractivity contribution is -0.125. The van der Waals surface area contributed by atoms with E-state index in [-0.39, 0.29) is 17.7 Å². The van der Waals surface area contributed by atoms with Crippen LogP contribution in [-0.4, -0.2) is 38.7 Å². The summed E-state index contributed by atoms with van der Waals surface area (Å²) in [5.74, 6) is 0.164. The van der Waals surface area contributed by atoms with Gasteiger partial charge in [-0.3, -0.25) is 14.5 Å². The first-order valence-electron chi connectivity index (χ1n) is 10.4. The van der Waals surface area contributed by atoms with Crippen molar-refractivity contribution in [2.24, 2.45) is 0 Å². The molecule has 1 amide bonds. The summed E-state index contributed by atoms with van der Waals surface area (Å²) in [7, 11) is 0. The Morgan fingerprint density at radius 1 is 1.19 bits per heavy atom. The molecular formula is C25H21FN4O2. The Morgan fingerprint density at radius 3 is 2.81 bits per heavy atom. The number of carbonyl (C=O) groups is 1. The summed E-state index contributed by atoms with van der Waals surface area (Å²) < 4.78 is 22.5. The highest BCUT2D eigenvalue weighted by atomic mass is 19.1. The molecule has 6 nitrogen and oxygen atoms in total. The maximum absolute atomic E-state index is 14.9. The molecule has 32 heavy (non-hydrogen) atoms. The maximum Gasteiger partial charge on any atom is 0.246 e. The standard InChI is InChI=1S/C25H21FN4O2/c1-2-24(31)29-13-11-18(16-29)30-22-10-12-27-15-20(22)25(28-30)17-8-9-23(21(26)14-17)32-19-6-4-3-5-7-19/h2-10,12,14-15,18H,1,11,13,16H2/t18-/m1/s1. The van der Waals surface area contributed by atoms with Crippen LogP contribution in [0.1, 0.15) is 12.5 Å². The van der Waals surface area contributed by atoms with E-state index in [0.717, 1.165) is 17.3 Å². The molecule has 0 saturated carbocycles. The summed E-state index contributed by atoms with van der Waals surface area (Å²) >= 11 is 0. The van der Waals surface area contributed by atoms with Gasteiger partial charge < -0.3 is 9.64 Å². The van der Waals surface area contributed by atoms with Crippen LogP contribution in [0, 0.1) is 5.82 Å². The van der Waals surface area contributed by atoms with Crippen molar-refractivity contribution in [3.63, 3.8) is 0 Å². The molecule has 0 unspecified atom stereocenters. The number of likely N-dealkylation sites (tertiary alicyclic amines) is 1. The van der Waals surface area contributed by atoms with Gasteiger partial charge in [0.15, 0.2) is 11.6 Å². The molecule has 3 heterocycles. The van der Waals surface area contributed by atoms with Crippen LogP contribution in [-0.2, 0) is 4.79 Å². The van der Waals surface area contributed by atoms with E-state index in [1.165, 1.54) is 12.1 Å². The number of benzene rings is 2. The minimum atomic E-state index is -0.471. The minimum Gasteiger partial charge on any atom is -0.454 e. The van der Waals surface area contributed by atoms with E-state index in [9.17, 15) is 9.18 Å². The zero-order valence-electron chi connectivity index (χ0n) is 17.3. The van der Waals surface area contributed by atoms with Crippen molar-refractivity contribution in [3.05, 3.63) is 85.5 Å². The van der Waals surface area contributed by atoms with Gasteiger partial charge in [-0.15, -0.1) is 0 Å². The SMILES string of the molecule is C=CC(=O)N1CC[C@@H](n2nc(-c3ccc(Oc4ccccc4)c(F)c3)c3cnccc32)C1. The van der Waals surface area contributed by atoms with Crippen LogP contribution in [0.3, 0.4) is 0 Å². The molecule has 0 spiro atoms. The van der Waals surface area contributed by atoms with E-state index in [0.29, 0.717) is 30.1 Å². The van der Waals surface area contributed by atoms with Gasteiger partial charge in [-0.2, -0.15) is 5.10 Å². The molecule has 0 N–H and O–H groups in total. The van der Waals surface area contributed by atoms with Crippen LogP contribution in [0.15, 0.2) is 79.6 Å². The van der Waals surface area contributed by atoms with Crippen LogP contribution in [0.5, 0.6) is 11.5 Å². The summed E-state index contributed by atoms with van der Waals surface area (Å²) in [6.45, 7) is 4.78. The fourth-order valence-electron chi connectivity index (χ4n) is 4.09. The van der Waals surface area contributed by atoms with Crippen LogP contribution in [0.2, 0.25) is 0 Å². The third-order valence-corrected chi connectivity index (χ3v) is 5.68. The van der Waals surface area contributed by atoms with Crippen molar-refractivity contribution >= 4 is 16.8 Å². The third-order valence-electron chi connectivity index (χ3n) is 5.68. The van der Waals surface area contributed by atoms with Crippen molar-refractivity contribution in [1.82, 2.24) is 19.7 Å². The molecule has 7 heteroatoms. The van der Waals surface area contributed by atoms with Crippen LogP contribution < -0.4 is 4.74 Å². The Bertz CT molecular complexity index is 1300. The summed E-state index contributed by atoms with van der Waals surface area (Å²) in [5.41, 5.74) is 2.18. The quantitative estimate of drug-likeness (QED) is 0.420. The van der Waals surface area contributed by atoms with Gasteiger partial charge in [-0.25, -0.2) is 4.39 Å². The highest BCUT2D eigenvalue weighted by molar-refractivity contribution is 5.93. The molecule has 0 bridgehead atoms. The number of hydrogen-bond donors (Lipinski definition) is 0. The zero-order chi connectivity index (χ0) is 22.1. The second-order valence-corrected chi connectivity index (χ2v) is 7.68. The largest absolute Gasteiger partial charge is 0.454 e. The van der Waals surface area contributed by atoms with Crippen molar-refractivity contribution < 1.29 is 13.9 Å². The molecule has 0 aliphatic carbocycles. The predicted molar refractivity (Wildman–Crippen MR) is 120 cm³/mol. The van der Waals surface area contributed by atoms with E-state index in [1.54, 1.807) is 41.6 Å². The number of pyridine rings is 1. The second-order valence-electron chi connectivity index (χ2n) is 7.68. The average molecular weight is 428 g/mol. The second kappa shape index (κ2) is 8.26. The van der Waals surface area contributed by atoms with E-state index >= 15 is 0 Å². The van der Waals surface area contributed by atoms with E-state index < -0.39 is 5.82 Å². The molecule has 4 aromatic rings. The monoisotopic (exact) mass is 428 g/mol. The predicted octanol–water partition coefficient (Wildman–Crippen LogP) is 4.99. The van der Waals surface area contributed by atoms with Crippen molar-refractivity contribution in [1.29, 1.82) is 0 Å². The number of aromatic nitrogens is 3. The Hall–Kier alpha value is -4.00. The molecule has 1 fully saturated rings. The van der Waals surface area contributed by atoms with Gasteiger partial charge >= 0.3 is 0 Å². The number of ether oxygens (including phenoxy) is 1. The fourth-order valence-corrected chi connectivity index (χ4v) is 4.09. The molecule has 1 atom stereocenters. The summed E-state index contributed by atoms with van der Waals surface area (Å²) in [6, 6.07) is 15.8. The molecule has 1 aliphatic rings. The maximum atomic E-state index is 14.9. The first kappa shape index (κ1) is 19.9. The lowest BCUT2D eigenvalue weighted by atomic mass is 10.1. The molecule has 160 valence electrons. The highest BCUT2D eigenvalue weighted by Crippen LogP contribution is 2.34. The lowest BCUT2D eigenvalue weighted by Gasteiger charge is -2.15. The van der Waals surface area contributed by atoms with Gasteiger partial charge in [-0.05, 0) is 48.9 Å². The summed E-state index contributed by atoms with van der Waals surface area (Å²) in [4.78, 5) is 18.0. The van der Waals surface area contributed by atoms with Gasteiger partial charge in [0, 0.05) is 36.4 Å². The fraction of sp³-hybridized carbons (Fsp3) is 0.160. The number of para-hydroxylation sites is 1. The first-order valence-corrected chi connectivity index (χ1v) is 10.4. The Kier molecular flexibility index (Phi) is 5.15. The Morgan fingerprint density at radius 2 is 2.03 bits per heavy atom. The number of nitrogens with zero attached hydrogens (tertiary/aromatic N) is 4. The molecule has 5 rings (SSSR count). The lowest BCUT2D eigenvalue weighted by Crippen LogP contribution is -2.27. The Balaban J connectivity index is 1.49. The van der Waals surface area contributed by atoms with Crippen LogP contribution >= 0.6 is 0 Å². The van der Waals surface area contributed by atoms with Crippen molar-refractivity contribution in [3.8, 4) is 22.8 Å². The zero-order valence-corrected chi connectivity index (χ0v) is 17.3. The molecule has 0 radical (unpaired) electrons. The van der Waals surface area contributed by atoms with Crippen LogP contribution in [0.25, 0.3) is 22.2 Å². The van der Waals surface area contributed by atoms with Crippen molar-refractivity contribution in [2.75, 3.05) is 13.1 Å². The minimum absolute atomic E-state index is 0.0306. The molecular weight excluding hydrogens is 407 g/mol. The summed E-state index contributed by atoms with van der Waals surface area (Å²) in [5, 5.41) is 5.65. The van der Waals surface area contributed by atoms with Crippen molar-refractivity contribution in [2.45, 2.75) is 12.5 Å². The Labute approximate surface area is 184 Å². The van der Waals surface area contributed by atoms with E-state index in [4.69, 9.17) is 9.84 Å². The van der Waals surface area contributed by atoms with Gasteiger partial charge in [0.05, 0.1) is 11.6 Å². The number of fused-ring (bicyclic) bond motifs is 1. The first-order chi connectivity index (χ1) is 15.6. The van der Waals surface area contributed by atoms with E-state index in [1.807, 2.05) is 28.9 Å². The normalized spacial score (nSPS) is 15.8. The number of rotatable bonds is 5. The number of halogens is 1. The van der Waals surface area contributed by atoms with Crippen LogP contribution in [0.4, 0.5) is 4.39 Å². The van der Waals surface area contributed by atoms with Gasteiger partial charge in [-0.1, -0.05) is 24.8 Å². The van der Waals surface area contributed by atoms with Gasteiger partial charge in [0.2, 0.25) is 5.91 Å². The molecule has 2 aromatic heterocycles. The van der Waals surface area contributed by atoms with Gasteiger partial charge in [0.25, 0.3) is 0 Å². The number of carbonyl (C=O) groups excluding carboxylic acids is 1. The topological polar surface area (TPSA) is 60.2 Å². The molecule has 1 saturated heterocycles. The van der Waals surface area contributed by atoms with E-state index in [2.05, 4.69) is 11.6 Å². The molecule has 2 aromatic carbocycles.